The molecule has 0 saturated carbocycles. The van der Waals surface area contributed by atoms with Crippen LogP contribution in [0.3, 0.4) is 0 Å². The molecule has 1 aliphatic rings. The van der Waals surface area contributed by atoms with Gasteiger partial charge in [0.25, 0.3) is 0 Å². The largest absolute Gasteiger partial charge is 0.357 e. The van der Waals surface area contributed by atoms with Gasteiger partial charge in [-0.2, -0.15) is 5.10 Å². The third kappa shape index (κ3) is 6.82. The Hall–Kier alpha value is -2.43. The van der Waals surface area contributed by atoms with Crippen molar-refractivity contribution in [2.24, 2.45) is 4.99 Å². The summed E-state index contributed by atoms with van der Waals surface area (Å²) in [6, 6.07) is 10.1. The van der Waals surface area contributed by atoms with Crippen LogP contribution in [-0.2, 0) is 22.7 Å². The highest BCUT2D eigenvalue weighted by Gasteiger charge is 2.25. The number of nitrogens with zero attached hydrogens (tertiary/aromatic N) is 4. The van der Waals surface area contributed by atoms with E-state index in [1.807, 2.05) is 36.0 Å². The van der Waals surface area contributed by atoms with E-state index in [4.69, 9.17) is 0 Å². The summed E-state index contributed by atoms with van der Waals surface area (Å²) in [6.07, 6.45) is 5.27. The van der Waals surface area contributed by atoms with Crippen LogP contribution in [0.15, 0.2) is 47.7 Å². The molecule has 2 N–H and O–H groups in total. The highest BCUT2D eigenvalue weighted by atomic mass is 127. The fraction of sp³-hybridized carbons (Fsp3) is 0.429. The molecule has 1 aromatic heterocycles. The fourth-order valence-corrected chi connectivity index (χ4v) is 3.28. The molecule has 30 heavy (non-hydrogen) atoms. The predicted molar refractivity (Wildman–Crippen MR) is 127 cm³/mol. The molecule has 3 rings (SSSR count). The topological polar surface area (TPSA) is 91.6 Å². The lowest BCUT2D eigenvalue weighted by Gasteiger charge is -2.25. The lowest BCUT2D eigenvalue weighted by atomic mass is 10.1. The molecular weight excluding hydrogens is 495 g/mol. The number of hydrogen-bond acceptors (Lipinski definition) is 4. The van der Waals surface area contributed by atoms with E-state index in [1.165, 1.54) is 10.5 Å². The molecule has 2 heterocycles. The van der Waals surface area contributed by atoms with E-state index in [0.717, 1.165) is 12.1 Å². The van der Waals surface area contributed by atoms with Gasteiger partial charge < -0.3 is 10.6 Å². The summed E-state index contributed by atoms with van der Waals surface area (Å²) in [5, 5.41) is 10.7. The van der Waals surface area contributed by atoms with Crippen molar-refractivity contribution in [3.8, 4) is 0 Å². The Kier molecular flexibility index (Phi) is 9.78. The van der Waals surface area contributed by atoms with E-state index >= 15 is 0 Å². The van der Waals surface area contributed by atoms with Crippen LogP contribution >= 0.6 is 24.0 Å². The Morgan fingerprint density at radius 2 is 1.83 bits per heavy atom. The van der Waals surface area contributed by atoms with Gasteiger partial charge in [-0.05, 0) is 30.5 Å². The van der Waals surface area contributed by atoms with Crippen molar-refractivity contribution >= 4 is 41.8 Å². The van der Waals surface area contributed by atoms with Crippen molar-refractivity contribution in [2.45, 2.75) is 39.3 Å². The van der Waals surface area contributed by atoms with Crippen LogP contribution in [0.4, 0.5) is 0 Å². The lowest BCUT2D eigenvalue weighted by molar-refractivity contribution is -0.147. The standard InChI is InChI=1S/C21H28N6O2.HI/c1-2-22-21(23-12-14-27-19(28)9-5-10-20(27)29)24-15-17-7-3-4-8-18(17)16-26-13-6-11-25-26;/h3-4,6-8,11,13H,2,5,9-10,12,14-16H2,1H3,(H2,22,23,24);1H. The number of aromatic nitrogens is 2. The van der Waals surface area contributed by atoms with E-state index in [1.54, 1.807) is 6.20 Å². The number of halogens is 1. The van der Waals surface area contributed by atoms with E-state index in [0.29, 0.717) is 51.4 Å². The minimum atomic E-state index is -0.0856. The van der Waals surface area contributed by atoms with Crippen LogP contribution in [-0.4, -0.2) is 52.1 Å². The maximum absolute atomic E-state index is 11.9. The minimum Gasteiger partial charge on any atom is -0.357 e. The average Bonchev–Trinajstić information content (AvgIpc) is 3.22. The smallest absolute Gasteiger partial charge is 0.229 e. The number of carbonyl (C=O) groups is 2. The molecule has 0 spiro atoms. The Morgan fingerprint density at radius 1 is 1.10 bits per heavy atom. The van der Waals surface area contributed by atoms with Crippen molar-refractivity contribution < 1.29 is 9.59 Å². The molecule has 9 heteroatoms. The fourth-order valence-electron chi connectivity index (χ4n) is 3.28. The highest BCUT2D eigenvalue weighted by molar-refractivity contribution is 14.0. The van der Waals surface area contributed by atoms with E-state index in [-0.39, 0.29) is 35.8 Å². The zero-order valence-electron chi connectivity index (χ0n) is 17.2. The van der Waals surface area contributed by atoms with E-state index in [2.05, 4.69) is 32.9 Å². The number of likely N-dealkylation sites (tertiary alicyclic amines) is 1. The quantitative estimate of drug-likeness (QED) is 0.239. The Balaban J connectivity index is 0.00000320. The van der Waals surface area contributed by atoms with Gasteiger partial charge in [0.2, 0.25) is 11.8 Å². The van der Waals surface area contributed by atoms with Gasteiger partial charge in [-0.3, -0.25) is 19.2 Å². The number of carbonyl (C=O) groups excluding carboxylic acids is 2. The maximum Gasteiger partial charge on any atom is 0.229 e. The number of piperidine rings is 1. The SMILES string of the molecule is CCNC(=NCc1ccccc1Cn1cccn1)NCCN1C(=O)CCCC1=O.I. The van der Waals surface area contributed by atoms with Crippen LogP contribution in [0.1, 0.15) is 37.3 Å². The van der Waals surface area contributed by atoms with Gasteiger partial charge >= 0.3 is 0 Å². The van der Waals surface area contributed by atoms with Crippen molar-refractivity contribution in [3.05, 3.63) is 53.9 Å². The molecule has 1 aliphatic heterocycles. The third-order valence-corrected chi connectivity index (χ3v) is 4.77. The van der Waals surface area contributed by atoms with Crippen molar-refractivity contribution in [2.75, 3.05) is 19.6 Å². The molecular formula is C21H29IN6O2. The van der Waals surface area contributed by atoms with Crippen LogP contribution in [0.25, 0.3) is 0 Å². The zero-order chi connectivity index (χ0) is 20.5. The summed E-state index contributed by atoms with van der Waals surface area (Å²) in [7, 11) is 0. The van der Waals surface area contributed by atoms with Crippen molar-refractivity contribution in [1.82, 2.24) is 25.3 Å². The number of rotatable bonds is 8. The summed E-state index contributed by atoms with van der Waals surface area (Å²) in [4.78, 5) is 29.8. The second-order valence-electron chi connectivity index (χ2n) is 6.89. The number of nitrogens with one attached hydrogen (secondary N) is 2. The molecule has 0 atom stereocenters. The molecule has 2 amide bonds. The number of imide groups is 1. The van der Waals surface area contributed by atoms with Gasteiger partial charge in [-0.25, -0.2) is 4.99 Å². The molecule has 0 aliphatic carbocycles. The van der Waals surface area contributed by atoms with Gasteiger partial charge in [0.1, 0.15) is 0 Å². The molecule has 162 valence electrons. The molecule has 0 bridgehead atoms. The first-order valence-corrected chi connectivity index (χ1v) is 10.1. The maximum atomic E-state index is 11.9. The molecule has 8 nitrogen and oxygen atoms in total. The summed E-state index contributed by atoms with van der Waals surface area (Å²) in [5.74, 6) is 0.494. The zero-order valence-corrected chi connectivity index (χ0v) is 19.5. The molecule has 0 unspecified atom stereocenters. The van der Waals surface area contributed by atoms with Crippen LogP contribution in [0.2, 0.25) is 0 Å². The number of benzene rings is 1. The average molecular weight is 524 g/mol. The van der Waals surface area contributed by atoms with Gasteiger partial charge in [0.05, 0.1) is 13.1 Å². The van der Waals surface area contributed by atoms with Gasteiger partial charge in [0.15, 0.2) is 5.96 Å². The van der Waals surface area contributed by atoms with E-state index in [9.17, 15) is 9.59 Å². The highest BCUT2D eigenvalue weighted by Crippen LogP contribution is 2.12. The monoisotopic (exact) mass is 524 g/mol. The second kappa shape index (κ2) is 12.3. The Morgan fingerprint density at radius 3 is 2.50 bits per heavy atom. The Bertz CT molecular complexity index is 837. The minimum absolute atomic E-state index is 0. The summed E-state index contributed by atoms with van der Waals surface area (Å²) in [6.45, 7) is 4.77. The molecule has 1 saturated heterocycles. The number of guanidine groups is 1. The number of amides is 2. The first kappa shape index (κ1) is 23.8. The van der Waals surface area contributed by atoms with Crippen LogP contribution in [0, 0.1) is 0 Å². The predicted octanol–water partition coefficient (Wildman–Crippen LogP) is 2.14. The molecule has 2 aromatic rings. The first-order chi connectivity index (χ1) is 14.2. The second-order valence-corrected chi connectivity index (χ2v) is 6.89. The summed E-state index contributed by atoms with van der Waals surface area (Å²) >= 11 is 0. The van der Waals surface area contributed by atoms with Gasteiger partial charge in [-0.15, -0.1) is 24.0 Å². The van der Waals surface area contributed by atoms with E-state index < -0.39 is 0 Å². The third-order valence-electron chi connectivity index (χ3n) is 4.77. The number of hydrogen-bond donors (Lipinski definition) is 2. The normalized spacial score (nSPS) is 14.4. The van der Waals surface area contributed by atoms with Crippen LogP contribution < -0.4 is 10.6 Å². The van der Waals surface area contributed by atoms with Gasteiger partial charge in [0, 0.05) is 44.9 Å². The lowest BCUT2D eigenvalue weighted by Crippen LogP contribution is -2.46. The van der Waals surface area contributed by atoms with Crippen LogP contribution in [0.5, 0.6) is 0 Å². The Labute approximate surface area is 194 Å². The molecule has 0 radical (unpaired) electrons. The van der Waals surface area contributed by atoms with Crippen molar-refractivity contribution in [3.63, 3.8) is 0 Å². The molecule has 1 aromatic carbocycles. The van der Waals surface area contributed by atoms with Crippen molar-refractivity contribution in [1.29, 1.82) is 0 Å². The van der Waals surface area contributed by atoms with Gasteiger partial charge in [-0.1, -0.05) is 24.3 Å². The molecule has 1 fully saturated rings. The summed E-state index contributed by atoms with van der Waals surface area (Å²) < 4.78 is 1.89. The first-order valence-electron chi connectivity index (χ1n) is 10.1. The number of aliphatic imine (C=N–C) groups is 1. The summed E-state index contributed by atoms with van der Waals surface area (Å²) in [5.41, 5.74) is 2.29.